The first-order valence-electron chi connectivity index (χ1n) is 7.29. The topological polar surface area (TPSA) is 58.5 Å². The highest BCUT2D eigenvalue weighted by Crippen LogP contribution is 2.11. The van der Waals surface area contributed by atoms with Crippen LogP contribution in [0.2, 0.25) is 0 Å². The summed E-state index contributed by atoms with van der Waals surface area (Å²) in [7, 11) is 3.44. The minimum atomic E-state index is 0. The lowest BCUT2D eigenvalue weighted by Gasteiger charge is -2.12. The maximum absolute atomic E-state index is 5.22. The molecule has 0 radical (unpaired) electrons. The fourth-order valence-electron chi connectivity index (χ4n) is 2.04. The Kier molecular flexibility index (Phi) is 9.04. The molecule has 124 valence electrons. The van der Waals surface area contributed by atoms with E-state index < -0.39 is 0 Å². The predicted molar refractivity (Wildman–Crippen MR) is 105 cm³/mol. The molecule has 0 aliphatic carbocycles. The normalized spacial score (nSPS) is 10.6. The molecule has 0 amide bonds. The summed E-state index contributed by atoms with van der Waals surface area (Å²) in [5.74, 6) is 1.64. The third kappa shape index (κ3) is 6.85. The van der Waals surface area contributed by atoms with Crippen LogP contribution in [0.3, 0.4) is 0 Å². The molecule has 0 saturated heterocycles. The van der Waals surface area contributed by atoms with Gasteiger partial charge in [-0.25, -0.2) is 0 Å². The average molecular weight is 426 g/mol. The van der Waals surface area contributed by atoms with Crippen LogP contribution < -0.4 is 15.4 Å². The van der Waals surface area contributed by atoms with Gasteiger partial charge in [-0.1, -0.05) is 18.2 Å². The molecule has 1 aromatic heterocycles. The first-order valence-corrected chi connectivity index (χ1v) is 7.29. The molecule has 0 saturated carbocycles. The highest BCUT2D eigenvalue weighted by Gasteiger charge is 2.00. The molecule has 2 N–H and O–H groups in total. The Morgan fingerprint density at radius 3 is 2.74 bits per heavy atom. The van der Waals surface area contributed by atoms with Gasteiger partial charge in [-0.3, -0.25) is 9.98 Å². The second-order valence-electron chi connectivity index (χ2n) is 4.78. The van der Waals surface area contributed by atoms with Crippen molar-refractivity contribution in [2.75, 3.05) is 20.7 Å². The second-order valence-corrected chi connectivity index (χ2v) is 4.78. The van der Waals surface area contributed by atoms with Crippen molar-refractivity contribution in [2.45, 2.75) is 13.0 Å². The van der Waals surface area contributed by atoms with E-state index in [-0.39, 0.29) is 24.0 Å². The second kappa shape index (κ2) is 10.8. The molecule has 0 atom stereocenters. The third-order valence-corrected chi connectivity index (χ3v) is 3.22. The van der Waals surface area contributed by atoms with Gasteiger partial charge in [0.1, 0.15) is 5.75 Å². The van der Waals surface area contributed by atoms with E-state index in [4.69, 9.17) is 4.74 Å². The van der Waals surface area contributed by atoms with Crippen molar-refractivity contribution in [3.63, 3.8) is 0 Å². The molecule has 1 aromatic carbocycles. The van der Waals surface area contributed by atoms with Gasteiger partial charge in [-0.15, -0.1) is 24.0 Å². The summed E-state index contributed by atoms with van der Waals surface area (Å²) in [6.07, 6.45) is 2.67. The Labute approximate surface area is 154 Å². The van der Waals surface area contributed by atoms with Crippen molar-refractivity contribution in [1.29, 1.82) is 0 Å². The van der Waals surface area contributed by atoms with E-state index in [1.165, 1.54) is 0 Å². The van der Waals surface area contributed by atoms with E-state index in [1.807, 2.05) is 42.6 Å². The number of pyridine rings is 1. The minimum Gasteiger partial charge on any atom is -0.497 e. The molecule has 2 rings (SSSR count). The Morgan fingerprint density at radius 2 is 2.04 bits per heavy atom. The lowest BCUT2D eigenvalue weighted by atomic mass is 10.2. The molecule has 0 aliphatic heterocycles. The van der Waals surface area contributed by atoms with E-state index in [0.29, 0.717) is 6.54 Å². The van der Waals surface area contributed by atoms with Crippen LogP contribution in [0.15, 0.2) is 53.7 Å². The van der Waals surface area contributed by atoms with Crippen LogP contribution in [0.25, 0.3) is 0 Å². The summed E-state index contributed by atoms with van der Waals surface area (Å²) in [6.45, 7) is 1.48. The number of guanidine groups is 1. The zero-order valence-electron chi connectivity index (χ0n) is 13.5. The SMILES string of the molecule is CN=C(NCCc1ccccn1)NCc1cccc(OC)c1.I. The predicted octanol–water partition coefficient (Wildman–Crippen LogP) is 2.62. The number of nitrogens with zero attached hydrogens (tertiary/aromatic N) is 2. The summed E-state index contributed by atoms with van der Waals surface area (Å²) < 4.78 is 5.22. The van der Waals surface area contributed by atoms with Gasteiger partial charge in [0, 0.05) is 38.4 Å². The fraction of sp³-hybridized carbons (Fsp3) is 0.294. The van der Waals surface area contributed by atoms with E-state index in [9.17, 15) is 0 Å². The lowest BCUT2D eigenvalue weighted by molar-refractivity contribution is 0.414. The molecule has 23 heavy (non-hydrogen) atoms. The molecule has 2 aromatic rings. The molecule has 5 nitrogen and oxygen atoms in total. The fourth-order valence-corrected chi connectivity index (χ4v) is 2.04. The maximum Gasteiger partial charge on any atom is 0.191 e. The Morgan fingerprint density at radius 1 is 1.17 bits per heavy atom. The van der Waals surface area contributed by atoms with Gasteiger partial charge in [0.05, 0.1) is 7.11 Å². The first kappa shape index (κ1) is 19.2. The molecule has 1 heterocycles. The van der Waals surface area contributed by atoms with Crippen molar-refractivity contribution in [2.24, 2.45) is 4.99 Å². The van der Waals surface area contributed by atoms with E-state index in [0.717, 1.165) is 35.9 Å². The van der Waals surface area contributed by atoms with Crippen molar-refractivity contribution in [3.8, 4) is 5.75 Å². The Hall–Kier alpha value is -1.83. The Bertz CT molecular complexity index is 605. The number of aromatic nitrogens is 1. The van der Waals surface area contributed by atoms with Crippen LogP contribution in [-0.4, -0.2) is 31.6 Å². The van der Waals surface area contributed by atoms with Crippen molar-refractivity contribution < 1.29 is 4.74 Å². The van der Waals surface area contributed by atoms with Gasteiger partial charge in [0.25, 0.3) is 0 Å². The standard InChI is InChI=1S/C17H22N4O.HI/c1-18-17(20-11-9-15-7-3-4-10-19-15)21-13-14-6-5-8-16(12-14)22-2;/h3-8,10,12H,9,11,13H2,1-2H3,(H2,18,20,21);1H. The zero-order chi connectivity index (χ0) is 15.6. The van der Waals surface area contributed by atoms with Crippen LogP contribution in [-0.2, 0) is 13.0 Å². The number of hydrogen-bond donors (Lipinski definition) is 2. The number of aliphatic imine (C=N–C) groups is 1. The summed E-state index contributed by atoms with van der Waals surface area (Å²) >= 11 is 0. The quantitative estimate of drug-likeness (QED) is 0.424. The molecule has 0 aliphatic rings. The van der Waals surface area contributed by atoms with Crippen molar-refractivity contribution in [1.82, 2.24) is 15.6 Å². The molecule has 0 spiro atoms. The summed E-state index contributed by atoms with van der Waals surface area (Å²) in [4.78, 5) is 8.52. The molecule has 6 heteroatoms. The maximum atomic E-state index is 5.22. The van der Waals surface area contributed by atoms with Crippen LogP contribution in [0.5, 0.6) is 5.75 Å². The minimum absolute atomic E-state index is 0. The molecule has 0 bridgehead atoms. The first-order chi connectivity index (χ1) is 10.8. The number of ether oxygens (including phenoxy) is 1. The third-order valence-electron chi connectivity index (χ3n) is 3.22. The van der Waals surface area contributed by atoms with Gasteiger partial charge in [0.2, 0.25) is 0 Å². The summed E-state index contributed by atoms with van der Waals surface area (Å²) in [6, 6.07) is 13.9. The Balaban J connectivity index is 0.00000264. The van der Waals surface area contributed by atoms with Gasteiger partial charge >= 0.3 is 0 Å². The molecule has 0 unspecified atom stereocenters. The lowest BCUT2D eigenvalue weighted by Crippen LogP contribution is -2.37. The van der Waals surface area contributed by atoms with Crippen LogP contribution >= 0.6 is 24.0 Å². The highest BCUT2D eigenvalue weighted by atomic mass is 127. The van der Waals surface area contributed by atoms with Crippen molar-refractivity contribution >= 4 is 29.9 Å². The van der Waals surface area contributed by atoms with E-state index in [2.05, 4.69) is 26.7 Å². The molecular weight excluding hydrogens is 403 g/mol. The van der Waals surface area contributed by atoms with E-state index in [1.54, 1.807) is 14.2 Å². The number of benzene rings is 1. The van der Waals surface area contributed by atoms with Crippen LogP contribution in [0.1, 0.15) is 11.3 Å². The zero-order valence-corrected chi connectivity index (χ0v) is 15.8. The monoisotopic (exact) mass is 426 g/mol. The van der Waals surface area contributed by atoms with Crippen LogP contribution in [0.4, 0.5) is 0 Å². The molecular formula is C17H23IN4O. The van der Waals surface area contributed by atoms with Gasteiger partial charge in [-0.05, 0) is 29.8 Å². The summed E-state index contributed by atoms with van der Waals surface area (Å²) in [5, 5.41) is 6.57. The average Bonchev–Trinajstić information content (AvgIpc) is 2.59. The van der Waals surface area contributed by atoms with Gasteiger partial charge < -0.3 is 15.4 Å². The van der Waals surface area contributed by atoms with Gasteiger partial charge in [0.15, 0.2) is 5.96 Å². The van der Waals surface area contributed by atoms with E-state index >= 15 is 0 Å². The largest absolute Gasteiger partial charge is 0.497 e. The number of hydrogen-bond acceptors (Lipinski definition) is 3. The summed E-state index contributed by atoms with van der Waals surface area (Å²) in [5.41, 5.74) is 2.21. The smallest absolute Gasteiger partial charge is 0.191 e. The van der Waals surface area contributed by atoms with Crippen LogP contribution in [0, 0.1) is 0 Å². The van der Waals surface area contributed by atoms with Crippen molar-refractivity contribution in [3.05, 3.63) is 59.9 Å². The highest BCUT2D eigenvalue weighted by molar-refractivity contribution is 14.0. The number of nitrogens with one attached hydrogen (secondary N) is 2. The number of methoxy groups -OCH3 is 1. The number of rotatable bonds is 6. The number of halogens is 1. The molecule has 0 fully saturated rings. The van der Waals surface area contributed by atoms with Gasteiger partial charge in [-0.2, -0.15) is 0 Å².